The van der Waals surface area contributed by atoms with Gasteiger partial charge in [-0.05, 0) is 61.3 Å². The number of hydrogen-bond donors (Lipinski definition) is 1. The highest BCUT2D eigenvalue weighted by molar-refractivity contribution is 6.42. The zero-order valence-electron chi connectivity index (χ0n) is 15.0. The molecule has 0 aliphatic carbocycles. The number of benzene rings is 2. The van der Waals surface area contributed by atoms with Gasteiger partial charge in [-0.2, -0.15) is 0 Å². The van der Waals surface area contributed by atoms with Crippen molar-refractivity contribution in [2.24, 2.45) is 5.73 Å². The average Bonchev–Trinajstić information content (AvgIpc) is 2.61. The molecular formula is C20H24Cl4N2. The first-order valence-electron chi connectivity index (χ1n) is 8.78. The lowest BCUT2D eigenvalue weighted by atomic mass is 9.92. The summed E-state index contributed by atoms with van der Waals surface area (Å²) in [6.45, 7) is 6.21. The standard InChI is InChI=1S/C20H24Cl4N2/c1-3-9-26(10-4-2)20(14-6-8-16(22)18(24)12-14)19(25)13-5-7-15(21)17(23)11-13/h5-8,11-12,19-20H,3-4,9-10,25H2,1-2H3/t19-,20-/m0/s1. The van der Waals surface area contributed by atoms with Crippen molar-refractivity contribution in [3.8, 4) is 0 Å². The second-order valence-corrected chi connectivity index (χ2v) is 7.98. The van der Waals surface area contributed by atoms with Crippen molar-refractivity contribution in [3.05, 3.63) is 67.6 Å². The van der Waals surface area contributed by atoms with Crippen LogP contribution in [0.15, 0.2) is 36.4 Å². The van der Waals surface area contributed by atoms with Crippen LogP contribution in [0.1, 0.15) is 49.9 Å². The van der Waals surface area contributed by atoms with Crippen LogP contribution in [0.4, 0.5) is 0 Å². The van der Waals surface area contributed by atoms with Crippen molar-refractivity contribution < 1.29 is 0 Å². The van der Waals surface area contributed by atoms with Gasteiger partial charge in [0.1, 0.15) is 0 Å². The SMILES string of the molecule is CCCN(CCC)[C@@H](c1ccc(Cl)c(Cl)c1)[C@@H](N)c1ccc(Cl)c(Cl)c1. The molecule has 0 aromatic heterocycles. The van der Waals surface area contributed by atoms with E-state index in [1.54, 1.807) is 6.07 Å². The summed E-state index contributed by atoms with van der Waals surface area (Å²) >= 11 is 24.7. The van der Waals surface area contributed by atoms with Crippen LogP contribution < -0.4 is 5.73 Å². The number of hydrogen-bond acceptors (Lipinski definition) is 2. The van der Waals surface area contributed by atoms with Crippen molar-refractivity contribution >= 4 is 46.4 Å². The molecule has 2 aromatic rings. The molecule has 2 N–H and O–H groups in total. The summed E-state index contributed by atoms with van der Waals surface area (Å²) in [5, 5.41) is 2.09. The quantitative estimate of drug-likeness (QED) is 0.478. The van der Waals surface area contributed by atoms with Crippen LogP contribution in [0.25, 0.3) is 0 Å². The van der Waals surface area contributed by atoms with E-state index < -0.39 is 0 Å². The molecule has 0 saturated carbocycles. The molecule has 0 aliphatic rings. The Morgan fingerprint density at radius 1 is 0.769 bits per heavy atom. The van der Waals surface area contributed by atoms with Crippen molar-refractivity contribution in [2.45, 2.75) is 38.8 Å². The predicted molar refractivity (Wildman–Crippen MR) is 115 cm³/mol. The normalized spacial score (nSPS) is 13.8. The number of nitrogens with zero attached hydrogens (tertiary/aromatic N) is 1. The lowest BCUT2D eigenvalue weighted by Gasteiger charge is -2.36. The first-order chi connectivity index (χ1) is 12.4. The van der Waals surface area contributed by atoms with E-state index in [9.17, 15) is 0 Å². The largest absolute Gasteiger partial charge is 0.322 e. The molecule has 0 heterocycles. The number of rotatable bonds is 8. The Labute approximate surface area is 176 Å². The topological polar surface area (TPSA) is 29.3 Å². The van der Waals surface area contributed by atoms with E-state index in [2.05, 4.69) is 18.7 Å². The molecule has 2 nitrogen and oxygen atoms in total. The second-order valence-electron chi connectivity index (χ2n) is 6.35. The molecule has 0 unspecified atom stereocenters. The monoisotopic (exact) mass is 432 g/mol. The van der Waals surface area contributed by atoms with E-state index in [1.165, 1.54) is 0 Å². The Kier molecular flexibility index (Phi) is 8.53. The Morgan fingerprint density at radius 3 is 1.69 bits per heavy atom. The Bertz CT molecular complexity index is 730. The molecule has 0 bridgehead atoms. The van der Waals surface area contributed by atoms with Crippen LogP contribution in [0.2, 0.25) is 20.1 Å². The second kappa shape index (κ2) is 10.2. The van der Waals surface area contributed by atoms with E-state index in [4.69, 9.17) is 52.1 Å². The lowest BCUT2D eigenvalue weighted by molar-refractivity contribution is 0.171. The Hall–Kier alpha value is -0.480. The van der Waals surface area contributed by atoms with Gasteiger partial charge in [-0.15, -0.1) is 0 Å². The van der Waals surface area contributed by atoms with Crippen LogP contribution in [0, 0.1) is 0 Å². The molecule has 26 heavy (non-hydrogen) atoms. The lowest BCUT2D eigenvalue weighted by Crippen LogP contribution is -2.37. The van der Waals surface area contributed by atoms with Crippen LogP contribution in [-0.2, 0) is 0 Å². The van der Waals surface area contributed by atoms with Crippen molar-refractivity contribution in [3.63, 3.8) is 0 Å². The third kappa shape index (κ3) is 5.28. The summed E-state index contributed by atoms with van der Waals surface area (Å²) in [6.07, 6.45) is 2.07. The minimum atomic E-state index is -0.278. The van der Waals surface area contributed by atoms with Crippen LogP contribution in [0.5, 0.6) is 0 Å². The average molecular weight is 434 g/mol. The maximum Gasteiger partial charge on any atom is 0.0595 e. The summed E-state index contributed by atoms with van der Waals surface area (Å²) in [7, 11) is 0. The van der Waals surface area contributed by atoms with Gasteiger partial charge in [-0.3, -0.25) is 4.90 Å². The summed E-state index contributed by atoms with van der Waals surface area (Å²) in [4.78, 5) is 2.40. The van der Waals surface area contributed by atoms with Crippen molar-refractivity contribution in [2.75, 3.05) is 13.1 Å². The summed E-state index contributed by atoms with van der Waals surface area (Å²) < 4.78 is 0. The fraction of sp³-hybridized carbons (Fsp3) is 0.400. The molecule has 2 rings (SSSR count). The van der Waals surface area contributed by atoms with E-state index in [1.807, 2.05) is 30.3 Å². The molecule has 2 aromatic carbocycles. The van der Waals surface area contributed by atoms with Crippen LogP contribution in [-0.4, -0.2) is 18.0 Å². The first-order valence-corrected chi connectivity index (χ1v) is 10.3. The smallest absolute Gasteiger partial charge is 0.0595 e. The zero-order chi connectivity index (χ0) is 19.3. The van der Waals surface area contributed by atoms with Crippen LogP contribution >= 0.6 is 46.4 Å². The van der Waals surface area contributed by atoms with Gasteiger partial charge in [0.2, 0.25) is 0 Å². The highest BCUT2D eigenvalue weighted by Crippen LogP contribution is 2.37. The molecule has 2 atom stereocenters. The molecule has 142 valence electrons. The molecule has 0 saturated heterocycles. The highest BCUT2D eigenvalue weighted by Gasteiger charge is 2.28. The number of halogens is 4. The minimum absolute atomic E-state index is 0.0399. The Balaban J connectivity index is 2.49. The van der Waals surface area contributed by atoms with Gasteiger partial charge in [-0.1, -0.05) is 72.4 Å². The highest BCUT2D eigenvalue weighted by atomic mass is 35.5. The van der Waals surface area contributed by atoms with Gasteiger partial charge in [0.15, 0.2) is 0 Å². The molecule has 6 heteroatoms. The van der Waals surface area contributed by atoms with Crippen LogP contribution in [0.3, 0.4) is 0 Å². The van der Waals surface area contributed by atoms with E-state index in [-0.39, 0.29) is 12.1 Å². The summed E-state index contributed by atoms with van der Waals surface area (Å²) in [5.41, 5.74) is 8.70. The molecule has 0 spiro atoms. The molecule has 0 amide bonds. The minimum Gasteiger partial charge on any atom is -0.322 e. The maximum atomic E-state index is 6.72. The molecular weight excluding hydrogens is 410 g/mol. The van der Waals surface area contributed by atoms with Gasteiger partial charge >= 0.3 is 0 Å². The summed E-state index contributed by atoms with van der Waals surface area (Å²) in [5.74, 6) is 0. The summed E-state index contributed by atoms with van der Waals surface area (Å²) in [6, 6.07) is 11.0. The number of nitrogens with two attached hydrogens (primary N) is 1. The first kappa shape index (κ1) is 21.8. The van der Waals surface area contributed by atoms with E-state index >= 15 is 0 Å². The maximum absolute atomic E-state index is 6.72. The molecule has 0 fully saturated rings. The van der Waals surface area contributed by atoms with Gasteiger partial charge < -0.3 is 5.73 Å². The van der Waals surface area contributed by atoms with E-state index in [0.717, 1.165) is 37.1 Å². The molecule has 0 aliphatic heterocycles. The fourth-order valence-electron chi connectivity index (χ4n) is 3.21. The zero-order valence-corrected chi connectivity index (χ0v) is 18.0. The van der Waals surface area contributed by atoms with Crippen molar-refractivity contribution in [1.29, 1.82) is 0 Å². The van der Waals surface area contributed by atoms with Gasteiger partial charge in [0.25, 0.3) is 0 Å². The fourth-order valence-corrected chi connectivity index (χ4v) is 3.82. The molecule has 0 radical (unpaired) electrons. The van der Waals surface area contributed by atoms with Gasteiger partial charge in [-0.25, -0.2) is 0 Å². The van der Waals surface area contributed by atoms with Gasteiger partial charge in [0.05, 0.1) is 26.1 Å². The predicted octanol–water partition coefficient (Wildman–Crippen LogP) is 7.16. The van der Waals surface area contributed by atoms with Crippen molar-refractivity contribution in [1.82, 2.24) is 4.90 Å². The third-order valence-electron chi connectivity index (χ3n) is 4.37. The Morgan fingerprint density at radius 2 is 1.23 bits per heavy atom. The third-order valence-corrected chi connectivity index (χ3v) is 5.85. The van der Waals surface area contributed by atoms with E-state index in [0.29, 0.717) is 20.1 Å². The van der Waals surface area contributed by atoms with Gasteiger partial charge in [0, 0.05) is 6.04 Å².